The van der Waals surface area contributed by atoms with Gasteiger partial charge in [0.2, 0.25) is 11.6 Å². The minimum atomic E-state index is -1.23. The number of aliphatic hydroxyl groups is 1. The van der Waals surface area contributed by atoms with E-state index in [4.69, 9.17) is 14.2 Å². The summed E-state index contributed by atoms with van der Waals surface area (Å²) in [5.74, 6) is -1.42. The molecule has 2 fully saturated rings. The van der Waals surface area contributed by atoms with Gasteiger partial charge in [-0.1, -0.05) is 34.1 Å². The van der Waals surface area contributed by atoms with Gasteiger partial charge < -0.3 is 19.3 Å². The number of carbonyl (C=O) groups excluding carboxylic acids is 1. The van der Waals surface area contributed by atoms with Crippen LogP contribution in [0.25, 0.3) is 0 Å². The van der Waals surface area contributed by atoms with E-state index in [1.165, 1.54) is 6.42 Å². The predicted octanol–water partition coefficient (Wildman–Crippen LogP) is 4.08. The molecule has 1 saturated carbocycles. The lowest BCUT2D eigenvalue weighted by Crippen LogP contribution is -2.53. The summed E-state index contributed by atoms with van der Waals surface area (Å²) in [6.45, 7) is 8.52. The molecule has 0 aromatic rings. The molecule has 1 spiro atoms. The Kier molecular flexibility index (Phi) is 4.20. The number of allylic oxidation sites excluding steroid dienone is 1. The van der Waals surface area contributed by atoms with Gasteiger partial charge in [-0.25, -0.2) is 0 Å². The van der Waals surface area contributed by atoms with Crippen LogP contribution < -0.4 is 0 Å². The molecule has 2 bridgehead atoms. The Balaban J connectivity index is 1.89. The molecule has 150 valence electrons. The molecule has 4 rings (SSSR count). The van der Waals surface area contributed by atoms with Gasteiger partial charge in [-0.2, -0.15) is 0 Å². The van der Waals surface area contributed by atoms with Crippen molar-refractivity contribution in [3.05, 3.63) is 22.5 Å². The predicted molar refractivity (Wildman–Crippen MR) is 101 cm³/mol. The van der Waals surface area contributed by atoms with Gasteiger partial charge in [0, 0.05) is 37.4 Å². The zero-order valence-corrected chi connectivity index (χ0v) is 17.3. The van der Waals surface area contributed by atoms with E-state index in [-0.39, 0.29) is 34.6 Å². The highest BCUT2D eigenvalue weighted by Crippen LogP contribution is 2.63. The van der Waals surface area contributed by atoms with Crippen molar-refractivity contribution in [1.82, 2.24) is 0 Å². The molecule has 1 N–H and O–H groups in total. The molecule has 3 atom stereocenters. The van der Waals surface area contributed by atoms with Crippen LogP contribution in [0.5, 0.6) is 0 Å². The third-order valence-electron chi connectivity index (χ3n) is 7.56. The summed E-state index contributed by atoms with van der Waals surface area (Å²) in [5.41, 5.74) is 1.81. The van der Waals surface area contributed by atoms with Crippen LogP contribution in [0.1, 0.15) is 59.8 Å². The third-order valence-corrected chi connectivity index (χ3v) is 7.56. The zero-order valence-electron chi connectivity index (χ0n) is 17.3. The van der Waals surface area contributed by atoms with Gasteiger partial charge in [-0.15, -0.1) is 0 Å². The number of ketones is 1. The molecule has 0 unspecified atom stereocenters. The molecule has 5 heteroatoms. The van der Waals surface area contributed by atoms with Gasteiger partial charge in [0.05, 0.1) is 11.7 Å². The number of hydrogen-bond donors (Lipinski definition) is 1. The van der Waals surface area contributed by atoms with Crippen LogP contribution in [0, 0.1) is 17.3 Å². The van der Waals surface area contributed by atoms with Crippen molar-refractivity contribution in [1.29, 1.82) is 0 Å². The minimum absolute atomic E-state index is 0.0982. The maximum Gasteiger partial charge on any atom is 0.223 e. The lowest BCUT2D eigenvalue weighted by Gasteiger charge is -2.50. The topological polar surface area (TPSA) is 65.0 Å². The van der Waals surface area contributed by atoms with Crippen LogP contribution in [-0.2, 0) is 19.0 Å². The molecule has 0 aromatic heterocycles. The molecule has 27 heavy (non-hydrogen) atoms. The Hall–Kier alpha value is -1.17. The van der Waals surface area contributed by atoms with E-state index in [0.29, 0.717) is 23.5 Å². The monoisotopic (exact) mass is 376 g/mol. The lowest BCUT2D eigenvalue weighted by molar-refractivity contribution is -0.183. The van der Waals surface area contributed by atoms with Crippen molar-refractivity contribution >= 4 is 5.78 Å². The molecule has 4 aliphatic rings. The quantitative estimate of drug-likeness (QED) is 0.752. The molecule has 2 aliphatic carbocycles. The van der Waals surface area contributed by atoms with Crippen LogP contribution in [-0.4, -0.2) is 42.6 Å². The smallest absolute Gasteiger partial charge is 0.223 e. The molecular formula is C22H32O5. The first kappa shape index (κ1) is 19.2. The fraction of sp³-hybridized carbons (Fsp3) is 0.773. The van der Waals surface area contributed by atoms with E-state index in [0.717, 1.165) is 24.8 Å². The SMILES string of the molecule is COC1(OC)C(C(C)C)=C(O)C(=O)C2=C1[C@@H]1C[C@@H]3C(C)(C)CCC[C@@]3(C2)O1. The first-order valence-electron chi connectivity index (χ1n) is 10.1. The fourth-order valence-electron chi connectivity index (χ4n) is 6.50. The van der Waals surface area contributed by atoms with Gasteiger partial charge in [-0.3, -0.25) is 4.79 Å². The lowest BCUT2D eigenvalue weighted by atomic mass is 9.60. The number of ether oxygens (including phenoxy) is 3. The molecular weight excluding hydrogens is 344 g/mol. The number of rotatable bonds is 3. The molecule has 0 amide bonds. The Morgan fingerprint density at radius 2 is 1.85 bits per heavy atom. The first-order valence-corrected chi connectivity index (χ1v) is 10.1. The summed E-state index contributed by atoms with van der Waals surface area (Å²) in [6.07, 6.45) is 4.45. The van der Waals surface area contributed by atoms with Gasteiger partial charge in [-0.05, 0) is 36.5 Å². The Morgan fingerprint density at radius 1 is 1.19 bits per heavy atom. The second-order valence-electron chi connectivity index (χ2n) is 9.64. The van der Waals surface area contributed by atoms with E-state index >= 15 is 0 Å². The Labute approximate surface area is 161 Å². The molecule has 0 radical (unpaired) electrons. The number of Topliss-reactive ketones (excluding diaryl/α,β-unsaturated/α-hetero) is 1. The fourth-order valence-corrected chi connectivity index (χ4v) is 6.50. The van der Waals surface area contributed by atoms with E-state index in [1.54, 1.807) is 14.2 Å². The van der Waals surface area contributed by atoms with Crippen molar-refractivity contribution in [2.24, 2.45) is 17.3 Å². The van der Waals surface area contributed by atoms with Crippen molar-refractivity contribution in [3.8, 4) is 0 Å². The molecule has 0 aromatic carbocycles. The van der Waals surface area contributed by atoms with Crippen LogP contribution >= 0.6 is 0 Å². The number of aliphatic hydroxyl groups excluding tert-OH is 1. The van der Waals surface area contributed by atoms with Crippen LogP contribution in [0.3, 0.4) is 0 Å². The summed E-state index contributed by atoms with van der Waals surface area (Å²) in [6, 6.07) is 0. The molecule has 1 saturated heterocycles. The van der Waals surface area contributed by atoms with Crippen LogP contribution in [0.15, 0.2) is 22.5 Å². The van der Waals surface area contributed by atoms with Crippen molar-refractivity contribution in [2.45, 2.75) is 77.3 Å². The summed E-state index contributed by atoms with van der Waals surface area (Å²) in [7, 11) is 3.16. The maximum atomic E-state index is 13.2. The van der Waals surface area contributed by atoms with Gasteiger partial charge >= 0.3 is 0 Å². The number of hydrogen-bond acceptors (Lipinski definition) is 5. The maximum absolute atomic E-state index is 13.2. The molecule has 2 heterocycles. The van der Waals surface area contributed by atoms with E-state index in [2.05, 4.69) is 13.8 Å². The highest BCUT2D eigenvalue weighted by atomic mass is 16.7. The minimum Gasteiger partial charge on any atom is -0.504 e. The second-order valence-corrected chi connectivity index (χ2v) is 9.64. The molecule has 5 nitrogen and oxygen atoms in total. The van der Waals surface area contributed by atoms with Crippen LogP contribution in [0.2, 0.25) is 0 Å². The zero-order chi connectivity index (χ0) is 19.8. The number of methoxy groups -OCH3 is 2. The average Bonchev–Trinajstić information content (AvgIpc) is 2.92. The highest BCUT2D eigenvalue weighted by molar-refractivity contribution is 6.10. The normalized spacial score (nSPS) is 36.9. The van der Waals surface area contributed by atoms with Crippen molar-refractivity contribution in [2.75, 3.05) is 14.2 Å². The second kappa shape index (κ2) is 5.91. The first-order chi connectivity index (χ1) is 12.6. The number of fused-ring (bicyclic) bond motifs is 2. The van der Waals surface area contributed by atoms with Gasteiger partial charge in [0.15, 0.2) is 5.76 Å². The van der Waals surface area contributed by atoms with E-state index in [9.17, 15) is 9.90 Å². The summed E-state index contributed by atoms with van der Waals surface area (Å²) in [4.78, 5) is 13.2. The van der Waals surface area contributed by atoms with Crippen LogP contribution in [0.4, 0.5) is 0 Å². The average molecular weight is 376 g/mol. The van der Waals surface area contributed by atoms with Crippen molar-refractivity contribution < 1.29 is 24.1 Å². The van der Waals surface area contributed by atoms with Gasteiger partial charge in [0.1, 0.15) is 0 Å². The standard InChI is InChI=1S/C22H32O5/c1-12(2)16-19(24)18(23)13-11-21-9-7-8-20(3,4)15(21)10-14(27-21)17(13)22(16,25-5)26-6/h12,14-15,24H,7-11H2,1-6H3/t14-,15+,21-/m0/s1. The largest absolute Gasteiger partial charge is 0.504 e. The van der Waals surface area contributed by atoms with Gasteiger partial charge in [0.25, 0.3) is 0 Å². The van der Waals surface area contributed by atoms with Crippen molar-refractivity contribution in [3.63, 3.8) is 0 Å². The van der Waals surface area contributed by atoms with E-state index < -0.39 is 5.79 Å². The van der Waals surface area contributed by atoms with E-state index in [1.807, 2.05) is 13.8 Å². The summed E-state index contributed by atoms with van der Waals surface area (Å²) < 4.78 is 18.5. The number of carbonyl (C=O) groups is 1. The molecule has 2 aliphatic heterocycles. The third kappa shape index (κ3) is 2.31. The Bertz CT molecular complexity index is 740. The highest BCUT2D eigenvalue weighted by Gasteiger charge is 2.65. The summed E-state index contributed by atoms with van der Waals surface area (Å²) >= 11 is 0. The summed E-state index contributed by atoms with van der Waals surface area (Å²) in [5, 5.41) is 10.8. The Morgan fingerprint density at radius 3 is 2.44 bits per heavy atom.